The average Bonchev–Trinajstić information content (AvgIpc) is 2.65. The first-order valence-corrected chi connectivity index (χ1v) is 9.00. The molecule has 0 fully saturated rings. The van der Waals surface area contributed by atoms with Crippen molar-refractivity contribution in [3.63, 3.8) is 0 Å². The lowest BCUT2D eigenvalue weighted by Gasteiger charge is -2.12. The van der Waals surface area contributed by atoms with Crippen molar-refractivity contribution in [1.82, 2.24) is 4.98 Å². The summed E-state index contributed by atoms with van der Waals surface area (Å²) in [6.07, 6.45) is 3.08. The molecule has 0 aliphatic carbocycles. The van der Waals surface area contributed by atoms with Crippen LogP contribution < -0.4 is 10.6 Å². The Bertz CT molecular complexity index is 941. The second-order valence-corrected chi connectivity index (χ2v) is 6.95. The Balaban J connectivity index is 1.84. The summed E-state index contributed by atoms with van der Waals surface area (Å²) < 4.78 is 0.899. The van der Waals surface area contributed by atoms with Crippen molar-refractivity contribution < 1.29 is 9.59 Å². The van der Waals surface area contributed by atoms with E-state index in [1.54, 1.807) is 30.5 Å². The van der Waals surface area contributed by atoms with Gasteiger partial charge in [0.15, 0.2) is 0 Å². The van der Waals surface area contributed by atoms with E-state index in [0.717, 1.165) is 9.13 Å². The number of halogens is 1. The summed E-state index contributed by atoms with van der Waals surface area (Å²) in [4.78, 5) is 29.0. The van der Waals surface area contributed by atoms with E-state index in [4.69, 9.17) is 0 Å². The molecule has 2 N–H and O–H groups in total. The smallest absolute Gasteiger partial charge is 0.257 e. The number of hydrogen-bond donors (Lipinski definition) is 2. The van der Waals surface area contributed by atoms with Crippen LogP contribution in [0.15, 0.2) is 67.0 Å². The lowest BCUT2D eigenvalue weighted by Crippen LogP contribution is -2.18. The number of pyridine rings is 1. The summed E-state index contributed by atoms with van der Waals surface area (Å²) in [6.45, 7) is 1.98. The number of amides is 2. The zero-order valence-electron chi connectivity index (χ0n) is 14.0. The third kappa shape index (κ3) is 4.45. The van der Waals surface area contributed by atoms with Crippen molar-refractivity contribution in [2.75, 3.05) is 10.6 Å². The van der Waals surface area contributed by atoms with Gasteiger partial charge in [0.1, 0.15) is 0 Å². The topological polar surface area (TPSA) is 71.1 Å². The van der Waals surface area contributed by atoms with Gasteiger partial charge >= 0.3 is 0 Å². The number of nitrogens with zero attached hydrogens (tertiary/aromatic N) is 1. The van der Waals surface area contributed by atoms with Crippen LogP contribution in [0, 0.1) is 10.5 Å². The zero-order valence-corrected chi connectivity index (χ0v) is 16.2. The molecule has 0 aliphatic rings. The first-order chi connectivity index (χ1) is 12.5. The Hall–Kier alpha value is -2.74. The molecule has 6 heteroatoms. The molecular weight excluding hydrogens is 441 g/mol. The van der Waals surface area contributed by atoms with Gasteiger partial charge in [0.05, 0.1) is 16.8 Å². The van der Waals surface area contributed by atoms with Gasteiger partial charge in [-0.15, -0.1) is 0 Å². The van der Waals surface area contributed by atoms with Crippen molar-refractivity contribution >= 4 is 45.8 Å². The number of nitrogens with one attached hydrogen (secondary N) is 2. The maximum absolute atomic E-state index is 12.7. The molecular formula is C20H16IN3O2. The normalized spacial score (nSPS) is 10.2. The Morgan fingerprint density at radius 1 is 0.962 bits per heavy atom. The van der Waals surface area contributed by atoms with Crippen molar-refractivity contribution in [1.29, 1.82) is 0 Å². The summed E-state index contributed by atoms with van der Waals surface area (Å²) in [5.74, 6) is -0.599. The van der Waals surface area contributed by atoms with E-state index in [9.17, 15) is 9.59 Å². The van der Waals surface area contributed by atoms with E-state index >= 15 is 0 Å². The Labute approximate surface area is 165 Å². The van der Waals surface area contributed by atoms with Crippen LogP contribution >= 0.6 is 22.6 Å². The van der Waals surface area contributed by atoms with E-state index in [2.05, 4.69) is 38.2 Å². The molecule has 5 nitrogen and oxygen atoms in total. The highest BCUT2D eigenvalue weighted by Gasteiger charge is 2.15. The van der Waals surface area contributed by atoms with Gasteiger partial charge in [-0.1, -0.05) is 17.7 Å². The van der Waals surface area contributed by atoms with Crippen LogP contribution in [-0.2, 0) is 0 Å². The van der Waals surface area contributed by atoms with Gasteiger partial charge in [-0.2, -0.15) is 0 Å². The number of benzene rings is 2. The highest BCUT2D eigenvalue weighted by atomic mass is 127. The number of anilines is 2. The van der Waals surface area contributed by atoms with Crippen LogP contribution in [0.25, 0.3) is 0 Å². The fourth-order valence-electron chi connectivity index (χ4n) is 2.34. The van der Waals surface area contributed by atoms with Crippen LogP contribution in [0.2, 0.25) is 0 Å². The molecule has 0 radical (unpaired) electrons. The summed E-state index contributed by atoms with van der Waals surface area (Å²) in [6, 6.07) is 16.2. The van der Waals surface area contributed by atoms with Gasteiger partial charge in [0.2, 0.25) is 0 Å². The maximum atomic E-state index is 12.7. The van der Waals surface area contributed by atoms with Gasteiger partial charge < -0.3 is 10.6 Å². The zero-order chi connectivity index (χ0) is 18.5. The third-order valence-corrected chi connectivity index (χ3v) is 4.38. The van der Waals surface area contributed by atoms with Crippen molar-refractivity contribution in [2.24, 2.45) is 0 Å². The molecule has 0 saturated carbocycles. The van der Waals surface area contributed by atoms with E-state index in [1.165, 1.54) is 6.20 Å². The van der Waals surface area contributed by atoms with E-state index in [1.807, 2.05) is 37.3 Å². The second kappa shape index (κ2) is 8.09. The molecule has 130 valence electrons. The first kappa shape index (κ1) is 18.1. The fourth-order valence-corrected chi connectivity index (χ4v) is 2.83. The standard InChI is InChI=1S/C20H16IN3O2/c1-13-4-7-16(8-5-13)23-20(26)17-11-15(21)6-9-18(17)24-19(25)14-3-2-10-22-12-14/h2-12H,1H3,(H,23,26)(H,24,25). The van der Waals surface area contributed by atoms with E-state index in [-0.39, 0.29) is 11.8 Å². The summed E-state index contributed by atoms with van der Waals surface area (Å²) in [5.41, 5.74) is 3.08. The lowest BCUT2D eigenvalue weighted by molar-refractivity contribution is 0.102. The SMILES string of the molecule is Cc1ccc(NC(=O)c2cc(I)ccc2NC(=O)c2cccnc2)cc1. The van der Waals surface area contributed by atoms with Crippen LogP contribution in [0.5, 0.6) is 0 Å². The first-order valence-electron chi connectivity index (χ1n) is 7.92. The predicted octanol–water partition coefficient (Wildman–Crippen LogP) is 4.50. The number of carbonyl (C=O) groups excluding carboxylic acids is 2. The Morgan fingerprint density at radius 3 is 2.42 bits per heavy atom. The minimum absolute atomic E-state index is 0.283. The maximum Gasteiger partial charge on any atom is 0.257 e. The summed E-state index contributed by atoms with van der Waals surface area (Å²) >= 11 is 2.13. The quantitative estimate of drug-likeness (QED) is 0.567. The third-order valence-electron chi connectivity index (χ3n) is 3.71. The van der Waals surface area contributed by atoms with Crippen LogP contribution in [-0.4, -0.2) is 16.8 Å². The lowest BCUT2D eigenvalue weighted by atomic mass is 10.1. The predicted molar refractivity (Wildman–Crippen MR) is 110 cm³/mol. The molecule has 0 aliphatic heterocycles. The molecule has 2 amide bonds. The molecule has 0 spiro atoms. The fraction of sp³-hybridized carbons (Fsp3) is 0.0500. The van der Waals surface area contributed by atoms with E-state index in [0.29, 0.717) is 22.5 Å². The van der Waals surface area contributed by atoms with Gasteiger partial charge in [-0.25, -0.2) is 0 Å². The number of aryl methyl sites for hydroxylation is 1. The number of carbonyl (C=O) groups is 2. The number of hydrogen-bond acceptors (Lipinski definition) is 3. The minimum atomic E-state index is -0.316. The van der Waals surface area contributed by atoms with Crippen molar-refractivity contribution in [3.8, 4) is 0 Å². The van der Waals surface area contributed by atoms with Gasteiger partial charge in [0.25, 0.3) is 11.8 Å². The molecule has 0 bridgehead atoms. The monoisotopic (exact) mass is 457 g/mol. The molecule has 0 unspecified atom stereocenters. The highest BCUT2D eigenvalue weighted by molar-refractivity contribution is 14.1. The van der Waals surface area contributed by atoms with Gasteiger partial charge in [0, 0.05) is 21.7 Å². The van der Waals surface area contributed by atoms with Gasteiger partial charge in [-0.05, 0) is 72.0 Å². The molecule has 3 aromatic rings. The van der Waals surface area contributed by atoms with E-state index < -0.39 is 0 Å². The average molecular weight is 457 g/mol. The minimum Gasteiger partial charge on any atom is -0.322 e. The summed E-state index contributed by atoms with van der Waals surface area (Å²) in [5, 5.41) is 5.65. The van der Waals surface area contributed by atoms with Crippen molar-refractivity contribution in [3.05, 3.63) is 87.3 Å². The number of rotatable bonds is 4. The van der Waals surface area contributed by atoms with Crippen LogP contribution in [0.3, 0.4) is 0 Å². The molecule has 3 rings (SSSR count). The number of aromatic nitrogens is 1. The van der Waals surface area contributed by atoms with Crippen LogP contribution in [0.4, 0.5) is 11.4 Å². The second-order valence-electron chi connectivity index (χ2n) is 5.71. The highest BCUT2D eigenvalue weighted by Crippen LogP contribution is 2.21. The molecule has 2 aromatic carbocycles. The molecule has 0 saturated heterocycles. The Kier molecular flexibility index (Phi) is 5.62. The molecule has 1 heterocycles. The Morgan fingerprint density at radius 2 is 1.73 bits per heavy atom. The molecule has 1 aromatic heterocycles. The summed E-state index contributed by atoms with van der Waals surface area (Å²) in [7, 11) is 0. The van der Waals surface area contributed by atoms with Crippen molar-refractivity contribution in [2.45, 2.75) is 6.92 Å². The van der Waals surface area contributed by atoms with Gasteiger partial charge in [-0.3, -0.25) is 14.6 Å². The van der Waals surface area contributed by atoms with Crippen LogP contribution in [0.1, 0.15) is 26.3 Å². The molecule has 26 heavy (non-hydrogen) atoms. The largest absolute Gasteiger partial charge is 0.322 e. The molecule has 0 atom stereocenters.